The lowest BCUT2D eigenvalue weighted by atomic mass is 10.0. The number of quaternary nitrogens is 1. The smallest absolute Gasteiger partial charge is 0.362 e. The van der Waals surface area contributed by atoms with Crippen molar-refractivity contribution in [2.24, 2.45) is 0 Å². The van der Waals surface area contributed by atoms with E-state index >= 15 is 0 Å². The number of aliphatic carboxylic acids is 1. The second kappa shape index (κ2) is 42.0. The van der Waals surface area contributed by atoms with Crippen molar-refractivity contribution in [3.05, 3.63) is 48.6 Å². The van der Waals surface area contributed by atoms with Crippen molar-refractivity contribution in [3.63, 3.8) is 0 Å². The van der Waals surface area contributed by atoms with E-state index in [1.54, 1.807) is 0 Å². The van der Waals surface area contributed by atoms with Crippen LogP contribution in [-0.2, 0) is 28.6 Å². The number of unbranched alkanes of at least 4 members (excludes halogenated alkanes) is 21. The van der Waals surface area contributed by atoms with Gasteiger partial charge in [0.25, 0.3) is 0 Å². The number of likely N-dealkylation sites (N-methyl/N-ethyl adjacent to an activating group) is 1. The molecule has 8 nitrogen and oxygen atoms in total. The first kappa shape index (κ1) is 56.3. The molecule has 0 spiro atoms. The third-order valence-electron chi connectivity index (χ3n) is 10.7. The van der Waals surface area contributed by atoms with Crippen molar-refractivity contribution in [1.82, 2.24) is 0 Å². The molecule has 0 amide bonds. The summed E-state index contributed by atoms with van der Waals surface area (Å²) in [4.78, 5) is 37.0. The number of carboxylic acids is 1. The van der Waals surface area contributed by atoms with Crippen molar-refractivity contribution in [3.8, 4) is 0 Å². The minimum Gasteiger partial charge on any atom is -0.477 e. The zero-order valence-corrected chi connectivity index (χ0v) is 39.0. The van der Waals surface area contributed by atoms with Crippen molar-refractivity contribution in [1.29, 1.82) is 0 Å². The first-order chi connectivity index (χ1) is 28.6. The molecule has 0 aromatic rings. The van der Waals surface area contributed by atoms with Gasteiger partial charge in [-0.15, -0.1) is 0 Å². The Bertz CT molecular complexity index is 1110. The average Bonchev–Trinajstić information content (AvgIpc) is 3.19. The summed E-state index contributed by atoms with van der Waals surface area (Å²) in [5.74, 6) is -1.47. The fourth-order valence-electron chi connectivity index (χ4n) is 7.02. The standard InChI is InChI=1S/C51H91NO7/c1-6-8-10-12-14-16-18-20-21-22-23-24-25-26-27-28-29-30-32-34-36-38-40-42-50(54)59-47(45-57-44-43-48(51(55)56)52(3,4)5)46-58-49(53)41-39-37-35-33-31-19-17-15-13-11-9-7-2/h8,10,14,16,20-21,23-24,47-48H,6-7,9,11-13,15,17-19,22,25-46H2,1-5H3/p+1/b10-8+,16-14+,21-20+,24-23+. The summed E-state index contributed by atoms with van der Waals surface area (Å²) in [6.07, 6.45) is 50.1. The molecule has 0 aromatic heterocycles. The highest BCUT2D eigenvalue weighted by molar-refractivity contribution is 5.72. The molecule has 342 valence electrons. The van der Waals surface area contributed by atoms with Gasteiger partial charge in [0.15, 0.2) is 12.1 Å². The Kier molecular flexibility index (Phi) is 40.1. The van der Waals surface area contributed by atoms with Gasteiger partial charge in [-0.1, -0.05) is 184 Å². The molecule has 0 aliphatic heterocycles. The van der Waals surface area contributed by atoms with E-state index in [2.05, 4.69) is 62.5 Å². The van der Waals surface area contributed by atoms with Crippen LogP contribution in [0.1, 0.15) is 206 Å². The van der Waals surface area contributed by atoms with Crippen LogP contribution in [0.4, 0.5) is 0 Å². The first-order valence-electron chi connectivity index (χ1n) is 24.2. The van der Waals surface area contributed by atoms with Crippen LogP contribution in [0.15, 0.2) is 48.6 Å². The molecule has 0 fully saturated rings. The van der Waals surface area contributed by atoms with Crippen molar-refractivity contribution in [2.45, 2.75) is 219 Å². The van der Waals surface area contributed by atoms with Crippen LogP contribution in [0, 0.1) is 0 Å². The fraction of sp³-hybridized carbons (Fsp3) is 0.784. The normalized spacial score (nSPS) is 13.3. The highest BCUT2D eigenvalue weighted by Crippen LogP contribution is 2.15. The highest BCUT2D eigenvalue weighted by Gasteiger charge is 2.31. The van der Waals surface area contributed by atoms with Crippen LogP contribution in [0.3, 0.4) is 0 Å². The van der Waals surface area contributed by atoms with Crippen LogP contribution >= 0.6 is 0 Å². The van der Waals surface area contributed by atoms with Gasteiger partial charge in [-0.2, -0.15) is 0 Å². The number of carbonyl (C=O) groups excluding carboxylic acids is 2. The molecule has 0 rings (SSSR count). The molecule has 0 radical (unpaired) electrons. The summed E-state index contributed by atoms with van der Waals surface area (Å²) in [7, 11) is 5.53. The molecular formula is C51H92NO7+. The van der Waals surface area contributed by atoms with E-state index in [1.807, 2.05) is 21.1 Å². The van der Waals surface area contributed by atoms with E-state index in [9.17, 15) is 19.5 Å². The van der Waals surface area contributed by atoms with E-state index in [1.165, 1.54) is 109 Å². The topological polar surface area (TPSA) is 99.1 Å². The third kappa shape index (κ3) is 40.5. The summed E-state index contributed by atoms with van der Waals surface area (Å²) in [6, 6.07) is -0.614. The maximum absolute atomic E-state index is 12.8. The summed E-state index contributed by atoms with van der Waals surface area (Å²) in [5.41, 5.74) is 0. The number of ether oxygens (including phenoxy) is 3. The molecule has 1 N–H and O–H groups in total. The van der Waals surface area contributed by atoms with Crippen molar-refractivity contribution in [2.75, 3.05) is 41.0 Å². The minimum atomic E-state index is -0.875. The third-order valence-corrected chi connectivity index (χ3v) is 10.7. The van der Waals surface area contributed by atoms with E-state index in [-0.39, 0.29) is 36.2 Å². The van der Waals surface area contributed by atoms with Gasteiger partial charge in [-0.25, -0.2) is 4.79 Å². The van der Waals surface area contributed by atoms with Crippen LogP contribution in [-0.4, -0.2) is 80.6 Å². The molecular weight excluding hydrogens is 739 g/mol. The monoisotopic (exact) mass is 831 g/mol. The number of rotatable bonds is 43. The Hall–Kier alpha value is -2.71. The molecule has 8 heteroatoms. The summed E-state index contributed by atoms with van der Waals surface area (Å²) >= 11 is 0. The molecule has 0 aliphatic carbocycles. The lowest BCUT2D eigenvalue weighted by Gasteiger charge is -2.31. The maximum Gasteiger partial charge on any atom is 0.362 e. The number of hydrogen-bond donors (Lipinski definition) is 1. The number of esters is 2. The van der Waals surface area contributed by atoms with Gasteiger partial charge in [0.05, 0.1) is 34.4 Å². The Morgan fingerprint density at radius 3 is 1.41 bits per heavy atom. The van der Waals surface area contributed by atoms with Crippen LogP contribution in [0.25, 0.3) is 0 Å². The largest absolute Gasteiger partial charge is 0.477 e. The fourth-order valence-corrected chi connectivity index (χ4v) is 7.02. The molecule has 59 heavy (non-hydrogen) atoms. The Morgan fingerprint density at radius 1 is 0.525 bits per heavy atom. The second-order valence-electron chi connectivity index (χ2n) is 17.3. The van der Waals surface area contributed by atoms with Gasteiger partial charge < -0.3 is 23.8 Å². The van der Waals surface area contributed by atoms with Gasteiger partial charge in [-0.05, 0) is 51.4 Å². The van der Waals surface area contributed by atoms with Gasteiger partial charge in [0, 0.05) is 19.3 Å². The van der Waals surface area contributed by atoms with E-state index in [0.29, 0.717) is 19.3 Å². The molecule has 0 aromatic carbocycles. The number of nitrogens with zero attached hydrogens (tertiary/aromatic N) is 1. The number of hydrogen-bond acceptors (Lipinski definition) is 6. The van der Waals surface area contributed by atoms with Gasteiger partial charge in [0.1, 0.15) is 6.61 Å². The Labute approximate surface area is 363 Å². The zero-order chi connectivity index (χ0) is 43.5. The van der Waals surface area contributed by atoms with Crippen LogP contribution in [0.5, 0.6) is 0 Å². The lowest BCUT2D eigenvalue weighted by molar-refractivity contribution is -0.887. The molecule has 2 unspecified atom stereocenters. The summed E-state index contributed by atoms with van der Waals surface area (Å²) in [5, 5.41) is 9.63. The summed E-state index contributed by atoms with van der Waals surface area (Å²) < 4.78 is 17.3. The number of carbonyl (C=O) groups is 3. The van der Waals surface area contributed by atoms with Crippen LogP contribution in [0.2, 0.25) is 0 Å². The zero-order valence-electron chi connectivity index (χ0n) is 39.0. The molecule has 2 atom stereocenters. The van der Waals surface area contributed by atoms with E-state index in [4.69, 9.17) is 14.2 Å². The van der Waals surface area contributed by atoms with E-state index < -0.39 is 18.1 Å². The molecule has 0 saturated carbocycles. The highest BCUT2D eigenvalue weighted by atomic mass is 16.6. The first-order valence-corrected chi connectivity index (χ1v) is 24.2. The molecule has 0 heterocycles. The van der Waals surface area contributed by atoms with Crippen molar-refractivity contribution >= 4 is 17.9 Å². The average molecular weight is 831 g/mol. The van der Waals surface area contributed by atoms with Gasteiger partial charge in [-0.3, -0.25) is 9.59 Å². The van der Waals surface area contributed by atoms with E-state index in [0.717, 1.165) is 64.2 Å². The predicted octanol–water partition coefficient (Wildman–Crippen LogP) is 13.6. The van der Waals surface area contributed by atoms with Gasteiger partial charge in [0.2, 0.25) is 0 Å². The number of allylic oxidation sites excluding steroid dienone is 8. The lowest BCUT2D eigenvalue weighted by Crippen LogP contribution is -2.50. The number of carboxylic acid groups (broad SMARTS) is 1. The quantitative estimate of drug-likeness (QED) is 0.0283. The SMILES string of the molecule is CC/C=C/C/C=C/C/C=C/C/C=C/CCCCCCCCCCCCC(=O)OC(COCCC(C(=O)O)[N+](C)(C)C)COC(=O)CCCCCCCCCCCCCC. The van der Waals surface area contributed by atoms with Gasteiger partial charge >= 0.3 is 17.9 Å². The molecule has 0 bridgehead atoms. The predicted molar refractivity (Wildman–Crippen MR) is 248 cm³/mol. The molecule has 0 saturated heterocycles. The minimum absolute atomic E-state index is 0.0506. The second-order valence-corrected chi connectivity index (χ2v) is 17.3. The molecule has 0 aliphatic rings. The van der Waals surface area contributed by atoms with Crippen LogP contribution < -0.4 is 0 Å². The Balaban J connectivity index is 4.23. The Morgan fingerprint density at radius 2 is 0.949 bits per heavy atom. The maximum atomic E-state index is 12.8. The summed E-state index contributed by atoms with van der Waals surface area (Å²) in [6.45, 7) is 4.63. The van der Waals surface area contributed by atoms with Crippen molar-refractivity contribution < 1.29 is 38.2 Å².